The van der Waals surface area contributed by atoms with Gasteiger partial charge in [0.15, 0.2) is 0 Å². The van der Waals surface area contributed by atoms with Crippen molar-refractivity contribution >= 4 is 11.6 Å². The third-order valence-electron chi connectivity index (χ3n) is 4.02. The third-order valence-corrected chi connectivity index (χ3v) is 4.02. The van der Waals surface area contributed by atoms with Gasteiger partial charge in [0.1, 0.15) is 0 Å². The summed E-state index contributed by atoms with van der Waals surface area (Å²) in [5.74, 6) is 0.337. The summed E-state index contributed by atoms with van der Waals surface area (Å²) in [4.78, 5) is 12.4. The zero-order valence-corrected chi connectivity index (χ0v) is 12.5. The molecule has 1 aromatic heterocycles. The lowest BCUT2D eigenvalue weighted by Gasteiger charge is -2.15. The normalized spacial score (nSPS) is 21.3. The van der Waals surface area contributed by atoms with Gasteiger partial charge in [0.25, 0.3) is 0 Å². The van der Waals surface area contributed by atoms with Crippen LogP contribution in [0, 0.1) is 11.8 Å². The van der Waals surface area contributed by atoms with Crippen LogP contribution in [-0.4, -0.2) is 29.2 Å². The van der Waals surface area contributed by atoms with Crippen LogP contribution in [0.1, 0.15) is 6.92 Å². The Morgan fingerprint density at radius 1 is 1.27 bits per heavy atom. The standard InChI is InChI=1S/C17H20N4O/c1-2-3-13-8-18-11-16(13)17(22)21-15-6-4-12(5-7-15)14-9-19-20-10-14/h2-7,9-10,13,16,18H,8,11H2,1H3,(H,19,20)(H,21,22)/b3-2+/t13-,16-/m1/s1. The van der Waals surface area contributed by atoms with Crippen LogP contribution in [0.5, 0.6) is 0 Å². The molecule has 1 aliphatic rings. The molecule has 5 nitrogen and oxygen atoms in total. The highest BCUT2D eigenvalue weighted by Crippen LogP contribution is 2.23. The van der Waals surface area contributed by atoms with E-state index >= 15 is 0 Å². The molecule has 3 N–H and O–H groups in total. The molecule has 22 heavy (non-hydrogen) atoms. The summed E-state index contributed by atoms with van der Waals surface area (Å²) in [7, 11) is 0. The van der Waals surface area contributed by atoms with Crippen molar-refractivity contribution < 1.29 is 4.79 Å². The fraction of sp³-hybridized carbons (Fsp3) is 0.294. The van der Waals surface area contributed by atoms with E-state index in [0.29, 0.717) is 0 Å². The Labute approximate surface area is 129 Å². The van der Waals surface area contributed by atoms with Crippen molar-refractivity contribution in [3.63, 3.8) is 0 Å². The summed E-state index contributed by atoms with van der Waals surface area (Å²) in [6.07, 6.45) is 7.74. The number of hydrogen-bond acceptors (Lipinski definition) is 3. The van der Waals surface area contributed by atoms with Crippen LogP contribution in [-0.2, 0) is 4.79 Å². The molecular weight excluding hydrogens is 276 g/mol. The molecule has 0 aliphatic carbocycles. The molecular formula is C17H20N4O. The Morgan fingerprint density at radius 2 is 2.09 bits per heavy atom. The molecule has 1 saturated heterocycles. The van der Waals surface area contributed by atoms with E-state index in [0.717, 1.165) is 29.9 Å². The van der Waals surface area contributed by atoms with Gasteiger partial charge in [-0.05, 0) is 24.6 Å². The van der Waals surface area contributed by atoms with Crippen molar-refractivity contribution in [2.24, 2.45) is 11.8 Å². The lowest BCUT2D eigenvalue weighted by atomic mass is 9.94. The monoisotopic (exact) mass is 296 g/mol. The van der Waals surface area contributed by atoms with E-state index in [1.54, 1.807) is 6.20 Å². The van der Waals surface area contributed by atoms with Gasteiger partial charge in [-0.25, -0.2) is 0 Å². The molecule has 0 bridgehead atoms. The number of hydrogen-bond donors (Lipinski definition) is 3. The number of benzene rings is 1. The number of carbonyl (C=O) groups excluding carboxylic acids is 1. The molecule has 1 aliphatic heterocycles. The Kier molecular flexibility index (Phi) is 4.34. The number of allylic oxidation sites excluding steroid dienone is 1. The highest BCUT2D eigenvalue weighted by molar-refractivity contribution is 5.93. The molecule has 0 saturated carbocycles. The Hall–Kier alpha value is -2.40. The van der Waals surface area contributed by atoms with E-state index in [1.807, 2.05) is 43.5 Å². The van der Waals surface area contributed by atoms with Crippen molar-refractivity contribution in [1.82, 2.24) is 15.5 Å². The first-order chi connectivity index (χ1) is 10.8. The highest BCUT2D eigenvalue weighted by atomic mass is 16.1. The molecule has 1 aromatic carbocycles. The van der Waals surface area contributed by atoms with Gasteiger partial charge in [0, 0.05) is 36.5 Å². The van der Waals surface area contributed by atoms with E-state index < -0.39 is 0 Å². The maximum Gasteiger partial charge on any atom is 0.229 e. The van der Waals surface area contributed by atoms with Crippen LogP contribution in [0.2, 0.25) is 0 Å². The summed E-state index contributed by atoms with van der Waals surface area (Å²) in [6.45, 7) is 3.58. The molecule has 5 heteroatoms. The number of H-pyrrole nitrogens is 1. The van der Waals surface area contributed by atoms with Crippen LogP contribution in [0.15, 0.2) is 48.8 Å². The van der Waals surface area contributed by atoms with Gasteiger partial charge in [-0.3, -0.25) is 9.89 Å². The Balaban J connectivity index is 1.66. The van der Waals surface area contributed by atoms with Crippen LogP contribution in [0.25, 0.3) is 11.1 Å². The van der Waals surface area contributed by atoms with Crippen molar-refractivity contribution in [2.75, 3.05) is 18.4 Å². The van der Waals surface area contributed by atoms with Crippen LogP contribution < -0.4 is 10.6 Å². The van der Waals surface area contributed by atoms with Crippen molar-refractivity contribution in [2.45, 2.75) is 6.92 Å². The molecule has 2 heterocycles. The predicted octanol–water partition coefficient (Wildman–Crippen LogP) is 2.43. The molecule has 2 atom stereocenters. The molecule has 2 aromatic rings. The minimum atomic E-state index is -0.00949. The first-order valence-corrected chi connectivity index (χ1v) is 7.51. The molecule has 3 rings (SSSR count). The number of nitrogens with zero attached hydrogens (tertiary/aromatic N) is 1. The molecule has 114 valence electrons. The topological polar surface area (TPSA) is 69.8 Å². The fourth-order valence-electron chi connectivity index (χ4n) is 2.83. The lowest BCUT2D eigenvalue weighted by Crippen LogP contribution is -2.28. The number of anilines is 1. The SMILES string of the molecule is C/C=C/[C@@H]1CNC[C@H]1C(=O)Nc1ccc(-c2cn[nH]c2)cc1. The van der Waals surface area contributed by atoms with Crippen molar-refractivity contribution in [3.05, 3.63) is 48.8 Å². The van der Waals surface area contributed by atoms with E-state index in [1.165, 1.54) is 0 Å². The number of nitrogens with one attached hydrogen (secondary N) is 3. The van der Waals surface area contributed by atoms with E-state index in [2.05, 4.69) is 26.9 Å². The van der Waals surface area contributed by atoms with Crippen molar-refractivity contribution in [3.8, 4) is 11.1 Å². The largest absolute Gasteiger partial charge is 0.326 e. The van der Waals surface area contributed by atoms with Crippen LogP contribution in [0.4, 0.5) is 5.69 Å². The molecule has 1 fully saturated rings. The second-order valence-corrected chi connectivity index (χ2v) is 5.51. The van der Waals surface area contributed by atoms with Gasteiger partial charge >= 0.3 is 0 Å². The fourth-order valence-corrected chi connectivity index (χ4v) is 2.83. The second kappa shape index (κ2) is 6.58. The minimum Gasteiger partial charge on any atom is -0.326 e. The van der Waals surface area contributed by atoms with Gasteiger partial charge in [-0.2, -0.15) is 5.10 Å². The quantitative estimate of drug-likeness (QED) is 0.759. The summed E-state index contributed by atoms with van der Waals surface area (Å²) in [5.41, 5.74) is 2.93. The maximum atomic E-state index is 12.4. The first-order valence-electron chi connectivity index (χ1n) is 7.51. The molecule has 0 spiro atoms. The summed E-state index contributed by atoms with van der Waals surface area (Å²) >= 11 is 0. The number of rotatable bonds is 4. The van der Waals surface area contributed by atoms with Gasteiger partial charge in [-0.15, -0.1) is 0 Å². The number of carbonyl (C=O) groups is 1. The van der Waals surface area contributed by atoms with E-state index in [4.69, 9.17) is 0 Å². The average molecular weight is 296 g/mol. The van der Waals surface area contributed by atoms with Gasteiger partial charge < -0.3 is 10.6 Å². The zero-order valence-electron chi connectivity index (χ0n) is 12.5. The molecule has 1 amide bonds. The lowest BCUT2D eigenvalue weighted by molar-refractivity contribution is -0.120. The predicted molar refractivity (Wildman–Crippen MR) is 87.3 cm³/mol. The molecule has 0 radical (unpaired) electrons. The maximum absolute atomic E-state index is 12.4. The number of aromatic nitrogens is 2. The van der Waals surface area contributed by atoms with E-state index in [9.17, 15) is 4.79 Å². The second-order valence-electron chi connectivity index (χ2n) is 5.51. The number of amides is 1. The third kappa shape index (κ3) is 3.09. The van der Waals surface area contributed by atoms with Crippen LogP contribution in [0.3, 0.4) is 0 Å². The summed E-state index contributed by atoms with van der Waals surface area (Å²) in [6, 6.07) is 7.81. The first kappa shape index (κ1) is 14.5. The van der Waals surface area contributed by atoms with Crippen molar-refractivity contribution in [1.29, 1.82) is 0 Å². The van der Waals surface area contributed by atoms with Gasteiger partial charge in [0.2, 0.25) is 5.91 Å². The highest BCUT2D eigenvalue weighted by Gasteiger charge is 2.30. The zero-order chi connectivity index (χ0) is 15.4. The summed E-state index contributed by atoms with van der Waals surface area (Å²) < 4.78 is 0. The smallest absolute Gasteiger partial charge is 0.229 e. The Bertz CT molecular complexity index is 646. The molecule has 0 unspecified atom stereocenters. The van der Waals surface area contributed by atoms with Crippen LogP contribution >= 0.6 is 0 Å². The minimum absolute atomic E-state index is 0.00949. The number of aromatic amines is 1. The van der Waals surface area contributed by atoms with Gasteiger partial charge in [0.05, 0.1) is 12.1 Å². The average Bonchev–Trinajstić information content (AvgIpc) is 3.19. The van der Waals surface area contributed by atoms with E-state index in [-0.39, 0.29) is 17.7 Å². The summed E-state index contributed by atoms with van der Waals surface area (Å²) in [5, 5.41) is 13.0. The Morgan fingerprint density at radius 3 is 2.77 bits per heavy atom. The van der Waals surface area contributed by atoms with Gasteiger partial charge in [-0.1, -0.05) is 24.3 Å².